The Morgan fingerprint density at radius 1 is 0.938 bits per heavy atom. The Morgan fingerprint density at radius 2 is 1.59 bits per heavy atom. The van der Waals surface area contributed by atoms with Crippen molar-refractivity contribution in [1.29, 1.82) is 0 Å². The predicted molar refractivity (Wildman–Crippen MR) is 123 cm³/mol. The number of hydrogen-bond acceptors (Lipinski definition) is 4. The molecule has 0 heterocycles. The molecule has 0 saturated heterocycles. The summed E-state index contributed by atoms with van der Waals surface area (Å²) in [5.41, 5.74) is 3.47. The van der Waals surface area contributed by atoms with E-state index in [2.05, 4.69) is 5.32 Å². The average molecular weight is 429 g/mol. The molecule has 0 spiro atoms. The Bertz CT molecular complexity index is 1150. The number of allylic oxidation sites excluding steroid dienone is 1. The Hall–Kier alpha value is -4.19. The van der Waals surface area contributed by atoms with Gasteiger partial charge in [0.25, 0.3) is 5.91 Å². The first kappa shape index (κ1) is 22.5. The van der Waals surface area contributed by atoms with E-state index in [1.165, 1.54) is 13.0 Å². The van der Waals surface area contributed by atoms with Crippen molar-refractivity contribution in [2.24, 2.45) is 0 Å². The smallest absolute Gasteiger partial charge is 0.344 e. The van der Waals surface area contributed by atoms with Crippen LogP contribution >= 0.6 is 0 Å². The van der Waals surface area contributed by atoms with Gasteiger partial charge < -0.3 is 15.2 Å². The number of hydrogen-bond donors (Lipinski definition) is 2. The molecule has 1 amide bonds. The lowest BCUT2D eigenvalue weighted by Crippen LogP contribution is -2.22. The van der Waals surface area contributed by atoms with Gasteiger partial charge in [0.2, 0.25) is 0 Å². The maximum atomic E-state index is 12.4. The summed E-state index contributed by atoms with van der Waals surface area (Å²) < 4.78 is 5.26. The van der Waals surface area contributed by atoms with Crippen molar-refractivity contribution in [3.05, 3.63) is 101 Å². The molecular weight excluding hydrogens is 406 g/mol. The Labute approximate surface area is 186 Å². The van der Waals surface area contributed by atoms with Crippen molar-refractivity contribution < 1.29 is 24.2 Å². The molecule has 0 aliphatic carbocycles. The lowest BCUT2D eigenvalue weighted by atomic mass is 10.1. The van der Waals surface area contributed by atoms with Crippen molar-refractivity contribution >= 4 is 29.4 Å². The number of anilines is 1. The maximum absolute atomic E-state index is 12.4. The first-order valence-corrected chi connectivity index (χ1v) is 10.0. The van der Waals surface area contributed by atoms with E-state index in [1.807, 2.05) is 25.1 Å². The number of ketones is 1. The predicted octanol–water partition coefficient (Wildman–Crippen LogP) is 5.00. The largest absolute Gasteiger partial charge is 0.479 e. The molecule has 0 fully saturated rings. The van der Waals surface area contributed by atoms with E-state index in [4.69, 9.17) is 9.84 Å². The van der Waals surface area contributed by atoms with Crippen LogP contribution in [0.1, 0.15) is 38.8 Å². The highest BCUT2D eigenvalue weighted by Crippen LogP contribution is 2.17. The molecule has 2 N–H and O–H groups in total. The van der Waals surface area contributed by atoms with E-state index < -0.39 is 12.1 Å². The zero-order chi connectivity index (χ0) is 23.1. The highest BCUT2D eigenvalue weighted by molar-refractivity contribution is 6.07. The lowest BCUT2D eigenvalue weighted by Gasteiger charge is -2.10. The SMILES string of the molecule is Cc1ccc(C(=O)Nc2cccc(/C=C/C(=O)c3ccc(OC(C)C(=O)O)cc3)c2)cc1. The summed E-state index contributed by atoms with van der Waals surface area (Å²) in [5.74, 6) is -1.11. The topological polar surface area (TPSA) is 92.7 Å². The third kappa shape index (κ3) is 6.15. The van der Waals surface area contributed by atoms with Crippen LogP contribution in [0.3, 0.4) is 0 Å². The highest BCUT2D eigenvalue weighted by Gasteiger charge is 2.12. The van der Waals surface area contributed by atoms with Crippen LogP contribution in [-0.4, -0.2) is 28.9 Å². The van der Waals surface area contributed by atoms with Gasteiger partial charge >= 0.3 is 5.97 Å². The van der Waals surface area contributed by atoms with Gasteiger partial charge in [-0.05, 0) is 74.0 Å². The van der Waals surface area contributed by atoms with Gasteiger partial charge in [-0.25, -0.2) is 4.79 Å². The number of amides is 1. The normalized spacial score (nSPS) is 11.7. The van der Waals surface area contributed by atoms with Crippen LogP contribution in [-0.2, 0) is 4.79 Å². The summed E-state index contributed by atoms with van der Waals surface area (Å²) in [5, 5.41) is 11.7. The van der Waals surface area contributed by atoms with Crippen LogP contribution in [0.4, 0.5) is 5.69 Å². The molecule has 0 aromatic heterocycles. The molecular formula is C26H23NO5. The minimum Gasteiger partial charge on any atom is -0.479 e. The van der Waals surface area contributed by atoms with Crippen molar-refractivity contribution in [2.45, 2.75) is 20.0 Å². The van der Waals surface area contributed by atoms with E-state index in [9.17, 15) is 14.4 Å². The number of nitrogens with one attached hydrogen (secondary N) is 1. The zero-order valence-electron chi connectivity index (χ0n) is 17.7. The second kappa shape index (κ2) is 10.2. The first-order valence-electron chi connectivity index (χ1n) is 10.0. The van der Waals surface area contributed by atoms with Gasteiger partial charge in [-0.1, -0.05) is 35.9 Å². The van der Waals surface area contributed by atoms with E-state index in [0.29, 0.717) is 22.6 Å². The Balaban J connectivity index is 1.63. The number of carbonyl (C=O) groups is 3. The second-order valence-electron chi connectivity index (χ2n) is 7.27. The van der Waals surface area contributed by atoms with Crippen LogP contribution in [0.5, 0.6) is 5.75 Å². The van der Waals surface area contributed by atoms with Crippen molar-refractivity contribution in [2.75, 3.05) is 5.32 Å². The fourth-order valence-electron chi connectivity index (χ4n) is 2.85. The van der Waals surface area contributed by atoms with Gasteiger partial charge in [-0.2, -0.15) is 0 Å². The monoisotopic (exact) mass is 429 g/mol. The van der Waals surface area contributed by atoms with E-state index in [1.54, 1.807) is 60.7 Å². The zero-order valence-corrected chi connectivity index (χ0v) is 17.7. The molecule has 0 saturated carbocycles. The van der Waals surface area contributed by atoms with Gasteiger partial charge in [0.15, 0.2) is 11.9 Å². The molecule has 0 aliphatic rings. The molecule has 3 rings (SSSR count). The number of benzene rings is 3. The van der Waals surface area contributed by atoms with Gasteiger partial charge in [0.05, 0.1) is 0 Å². The average Bonchev–Trinajstić information content (AvgIpc) is 2.78. The number of aliphatic carboxylic acids is 1. The van der Waals surface area contributed by atoms with Gasteiger partial charge in [0, 0.05) is 16.8 Å². The van der Waals surface area contributed by atoms with E-state index in [-0.39, 0.29) is 11.7 Å². The summed E-state index contributed by atoms with van der Waals surface area (Å²) in [6.07, 6.45) is 2.13. The molecule has 3 aromatic carbocycles. The van der Waals surface area contributed by atoms with Crippen LogP contribution in [0, 0.1) is 6.92 Å². The molecule has 162 valence electrons. The third-order valence-electron chi connectivity index (χ3n) is 4.68. The minimum atomic E-state index is -1.06. The number of aryl methyl sites for hydroxylation is 1. The van der Waals surface area contributed by atoms with Gasteiger partial charge in [0.1, 0.15) is 5.75 Å². The van der Waals surface area contributed by atoms with Crippen LogP contribution < -0.4 is 10.1 Å². The number of carboxylic acids is 1. The van der Waals surface area contributed by atoms with Crippen LogP contribution in [0.25, 0.3) is 6.08 Å². The molecule has 6 heteroatoms. The summed E-state index contributed by atoms with van der Waals surface area (Å²) in [4.78, 5) is 35.7. The van der Waals surface area contributed by atoms with Gasteiger partial charge in [-0.15, -0.1) is 0 Å². The second-order valence-corrected chi connectivity index (χ2v) is 7.27. The molecule has 1 unspecified atom stereocenters. The molecule has 0 aliphatic heterocycles. The third-order valence-corrected chi connectivity index (χ3v) is 4.68. The highest BCUT2D eigenvalue weighted by atomic mass is 16.5. The minimum absolute atomic E-state index is 0.207. The summed E-state index contributed by atoms with van der Waals surface area (Å²) >= 11 is 0. The standard InChI is InChI=1S/C26H23NO5/c1-17-6-9-21(10-7-17)25(29)27-22-5-3-4-19(16-22)8-15-24(28)20-11-13-23(14-12-20)32-18(2)26(30)31/h3-16,18H,1-2H3,(H,27,29)(H,30,31)/b15-8+. The fraction of sp³-hybridized carbons (Fsp3) is 0.115. The molecule has 1 atom stereocenters. The Morgan fingerprint density at radius 3 is 2.25 bits per heavy atom. The quantitative estimate of drug-likeness (QED) is 0.388. The fourth-order valence-corrected chi connectivity index (χ4v) is 2.85. The van der Waals surface area contributed by atoms with Crippen molar-refractivity contribution in [3.8, 4) is 5.75 Å². The Kier molecular flexibility index (Phi) is 7.18. The molecule has 32 heavy (non-hydrogen) atoms. The molecule has 0 radical (unpaired) electrons. The summed E-state index contributed by atoms with van der Waals surface area (Å²) in [6.45, 7) is 3.39. The van der Waals surface area contributed by atoms with E-state index >= 15 is 0 Å². The summed E-state index contributed by atoms with van der Waals surface area (Å²) in [6, 6.07) is 20.8. The van der Waals surface area contributed by atoms with Crippen molar-refractivity contribution in [3.63, 3.8) is 0 Å². The van der Waals surface area contributed by atoms with E-state index in [0.717, 1.165) is 11.1 Å². The number of carboxylic acid groups (broad SMARTS) is 1. The first-order chi connectivity index (χ1) is 15.3. The number of ether oxygens (including phenoxy) is 1. The molecule has 3 aromatic rings. The summed E-state index contributed by atoms with van der Waals surface area (Å²) in [7, 11) is 0. The number of rotatable bonds is 8. The van der Waals surface area contributed by atoms with Crippen LogP contribution in [0.2, 0.25) is 0 Å². The van der Waals surface area contributed by atoms with Gasteiger partial charge in [-0.3, -0.25) is 9.59 Å². The number of carbonyl (C=O) groups excluding carboxylic acids is 2. The van der Waals surface area contributed by atoms with Crippen LogP contribution in [0.15, 0.2) is 78.9 Å². The lowest BCUT2D eigenvalue weighted by molar-refractivity contribution is -0.144. The van der Waals surface area contributed by atoms with Crippen molar-refractivity contribution in [1.82, 2.24) is 0 Å². The molecule has 0 bridgehead atoms. The molecule has 6 nitrogen and oxygen atoms in total. The maximum Gasteiger partial charge on any atom is 0.344 e.